The molecule has 0 saturated heterocycles. The summed E-state index contributed by atoms with van der Waals surface area (Å²) < 4.78 is 11.2. The predicted octanol–water partition coefficient (Wildman–Crippen LogP) is 2.93. The molecule has 0 amide bonds. The molecule has 3 nitrogen and oxygen atoms in total. The van der Waals surface area contributed by atoms with E-state index in [4.69, 9.17) is 9.47 Å². The fraction of sp³-hybridized carbons (Fsp3) is 0.571. The Morgan fingerprint density at radius 1 is 1.18 bits per heavy atom. The number of rotatable bonds is 5. The van der Waals surface area contributed by atoms with E-state index in [1.807, 2.05) is 45.0 Å². The Kier molecular flexibility index (Phi) is 4.97. The number of ether oxygens (including phenoxy) is 2. The zero-order chi connectivity index (χ0) is 12.9. The van der Waals surface area contributed by atoms with Crippen LogP contribution in [0.15, 0.2) is 24.3 Å². The first kappa shape index (κ1) is 14.0. The van der Waals surface area contributed by atoms with E-state index in [1.54, 1.807) is 6.92 Å². The zero-order valence-corrected chi connectivity index (χ0v) is 11.1. The second-order valence-electron chi connectivity index (χ2n) is 5.02. The van der Waals surface area contributed by atoms with Crippen LogP contribution in [-0.4, -0.2) is 23.9 Å². The molecule has 1 aromatic carbocycles. The van der Waals surface area contributed by atoms with Crippen molar-refractivity contribution in [3.8, 4) is 5.75 Å². The summed E-state index contributed by atoms with van der Waals surface area (Å²) in [5, 5.41) is 9.58. The highest BCUT2D eigenvalue weighted by Gasteiger charge is 2.11. The van der Waals surface area contributed by atoms with Crippen molar-refractivity contribution in [1.29, 1.82) is 0 Å². The Labute approximate surface area is 103 Å². The quantitative estimate of drug-likeness (QED) is 0.802. The fourth-order valence-corrected chi connectivity index (χ4v) is 1.46. The molecule has 1 atom stereocenters. The minimum atomic E-state index is -0.519. The molecule has 0 heterocycles. The molecule has 96 valence electrons. The molecule has 0 aliphatic heterocycles. The van der Waals surface area contributed by atoms with Gasteiger partial charge in [0.25, 0.3) is 0 Å². The Balaban J connectivity index is 2.47. The molecule has 0 radical (unpaired) electrons. The van der Waals surface area contributed by atoms with Gasteiger partial charge in [-0.25, -0.2) is 0 Å². The number of benzene rings is 1. The number of hydrogen-bond acceptors (Lipinski definition) is 3. The van der Waals surface area contributed by atoms with E-state index in [-0.39, 0.29) is 5.60 Å². The molecule has 3 heteroatoms. The average Bonchev–Trinajstić information content (AvgIpc) is 2.23. The van der Waals surface area contributed by atoms with Gasteiger partial charge in [0.1, 0.15) is 12.4 Å². The predicted molar refractivity (Wildman–Crippen MR) is 68.3 cm³/mol. The lowest BCUT2D eigenvalue weighted by molar-refractivity contribution is -0.0166. The van der Waals surface area contributed by atoms with Crippen molar-refractivity contribution in [1.82, 2.24) is 0 Å². The summed E-state index contributed by atoms with van der Waals surface area (Å²) >= 11 is 0. The molecular weight excluding hydrogens is 216 g/mol. The van der Waals surface area contributed by atoms with Crippen molar-refractivity contribution in [2.45, 2.75) is 39.4 Å². The van der Waals surface area contributed by atoms with Crippen LogP contribution >= 0.6 is 0 Å². The van der Waals surface area contributed by atoms with Crippen molar-refractivity contribution in [3.63, 3.8) is 0 Å². The van der Waals surface area contributed by atoms with Crippen molar-refractivity contribution in [2.75, 3.05) is 13.2 Å². The van der Waals surface area contributed by atoms with Gasteiger partial charge in [-0.05, 0) is 33.8 Å². The summed E-state index contributed by atoms with van der Waals surface area (Å²) in [6.07, 6.45) is -0.519. The molecule has 0 aromatic heterocycles. The van der Waals surface area contributed by atoms with Crippen LogP contribution < -0.4 is 4.74 Å². The maximum absolute atomic E-state index is 9.58. The third-order valence-electron chi connectivity index (χ3n) is 2.25. The first-order valence-corrected chi connectivity index (χ1v) is 5.94. The van der Waals surface area contributed by atoms with Crippen molar-refractivity contribution < 1.29 is 14.6 Å². The lowest BCUT2D eigenvalue weighted by Gasteiger charge is -2.20. The number of aliphatic hydroxyl groups is 1. The van der Waals surface area contributed by atoms with Gasteiger partial charge in [-0.15, -0.1) is 0 Å². The molecule has 0 aliphatic carbocycles. The number of para-hydroxylation sites is 1. The number of aliphatic hydroxyl groups excluding tert-OH is 1. The molecule has 0 unspecified atom stereocenters. The van der Waals surface area contributed by atoms with Gasteiger partial charge in [-0.2, -0.15) is 0 Å². The first-order valence-electron chi connectivity index (χ1n) is 5.94. The van der Waals surface area contributed by atoms with Crippen LogP contribution in [0.25, 0.3) is 0 Å². The Bertz CT molecular complexity index is 340. The molecule has 0 bridgehead atoms. The van der Waals surface area contributed by atoms with Gasteiger partial charge in [0.2, 0.25) is 0 Å². The second-order valence-corrected chi connectivity index (χ2v) is 5.02. The van der Waals surface area contributed by atoms with Gasteiger partial charge in [0.15, 0.2) is 0 Å². The lowest BCUT2D eigenvalue weighted by Crippen LogP contribution is -2.22. The van der Waals surface area contributed by atoms with Gasteiger partial charge in [0, 0.05) is 5.56 Å². The van der Waals surface area contributed by atoms with Crippen LogP contribution in [0.5, 0.6) is 5.75 Å². The van der Waals surface area contributed by atoms with Gasteiger partial charge in [-0.3, -0.25) is 0 Å². The van der Waals surface area contributed by atoms with E-state index in [2.05, 4.69) is 0 Å². The fourth-order valence-electron chi connectivity index (χ4n) is 1.46. The summed E-state index contributed by atoms with van der Waals surface area (Å²) in [4.78, 5) is 0. The molecular formula is C14H22O3. The Morgan fingerprint density at radius 3 is 2.41 bits per heavy atom. The minimum absolute atomic E-state index is 0.146. The normalized spacial score (nSPS) is 13.5. The molecule has 0 spiro atoms. The summed E-state index contributed by atoms with van der Waals surface area (Å²) in [7, 11) is 0. The average molecular weight is 238 g/mol. The zero-order valence-electron chi connectivity index (χ0n) is 11.1. The van der Waals surface area contributed by atoms with E-state index in [9.17, 15) is 5.11 Å². The minimum Gasteiger partial charge on any atom is -0.491 e. The maximum atomic E-state index is 9.58. The molecule has 1 aromatic rings. The van der Waals surface area contributed by atoms with E-state index in [1.165, 1.54) is 0 Å². The third-order valence-corrected chi connectivity index (χ3v) is 2.25. The highest BCUT2D eigenvalue weighted by Crippen LogP contribution is 2.24. The first-order chi connectivity index (χ1) is 7.90. The van der Waals surface area contributed by atoms with Crippen LogP contribution in [0, 0.1) is 0 Å². The summed E-state index contributed by atoms with van der Waals surface area (Å²) in [5.74, 6) is 0.722. The van der Waals surface area contributed by atoms with Crippen molar-refractivity contribution in [3.05, 3.63) is 29.8 Å². The highest BCUT2D eigenvalue weighted by molar-refractivity contribution is 5.34. The molecule has 0 aliphatic rings. The van der Waals surface area contributed by atoms with Gasteiger partial charge in [-0.1, -0.05) is 18.2 Å². The summed E-state index contributed by atoms with van der Waals surface area (Å²) in [6.45, 7) is 8.79. The van der Waals surface area contributed by atoms with E-state index < -0.39 is 6.10 Å². The topological polar surface area (TPSA) is 38.7 Å². The molecule has 1 rings (SSSR count). The highest BCUT2D eigenvalue weighted by atomic mass is 16.5. The van der Waals surface area contributed by atoms with Gasteiger partial charge < -0.3 is 14.6 Å². The van der Waals surface area contributed by atoms with Crippen LogP contribution in [0.4, 0.5) is 0 Å². The van der Waals surface area contributed by atoms with E-state index in [0.29, 0.717) is 13.2 Å². The van der Waals surface area contributed by atoms with Gasteiger partial charge in [0.05, 0.1) is 18.3 Å². The largest absolute Gasteiger partial charge is 0.491 e. The Hall–Kier alpha value is -1.06. The lowest BCUT2D eigenvalue weighted by atomic mass is 10.1. The van der Waals surface area contributed by atoms with E-state index in [0.717, 1.165) is 11.3 Å². The monoisotopic (exact) mass is 238 g/mol. The third kappa shape index (κ3) is 5.20. The molecule has 1 N–H and O–H groups in total. The molecule has 17 heavy (non-hydrogen) atoms. The molecule has 0 saturated carbocycles. The van der Waals surface area contributed by atoms with Crippen LogP contribution in [0.3, 0.4) is 0 Å². The van der Waals surface area contributed by atoms with Gasteiger partial charge >= 0.3 is 0 Å². The smallest absolute Gasteiger partial charge is 0.125 e. The summed E-state index contributed by atoms with van der Waals surface area (Å²) in [6, 6.07) is 7.51. The van der Waals surface area contributed by atoms with Crippen molar-refractivity contribution >= 4 is 0 Å². The second kappa shape index (κ2) is 6.03. The van der Waals surface area contributed by atoms with Crippen molar-refractivity contribution in [2.24, 2.45) is 0 Å². The maximum Gasteiger partial charge on any atom is 0.125 e. The Morgan fingerprint density at radius 2 is 1.82 bits per heavy atom. The standard InChI is InChI=1S/C14H22O3/c1-11(15)12-7-5-6-8-13(12)16-9-10-17-14(2,3)4/h5-8,11,15H,9-10H2,1-4H3/t11-/m1/s1. The van der Waals surface area contributed by atoms with Crippen LogP contribution in [0.1, 0.15) is 39.4 Å². The van der Waals surface area contributed by atoms with E-state index >= 15 is 0 Å². The van der Waals surface area contributed by atoms with Crippen LogP contribution in [0.2, 0.25) is 0 Å². The SMILES string of the molecule is C[C@@H](O)c1ccccc1OCCOC(C)(C)C. The summed E-state index contributed by atoms with van der Waals surface area (Å²) in [5.41, 5.74) is 0.663. The number of hydrogen-bond donors (Lipinski definition) is 1. The van der Waals surface area contributed by atoms with Crippen LogP contribution in [-0.2, 0) is 4.74 Å². The molecule has 0 fully saturated rings.